The Morgan fingerprint density at radius 1 is 1.36 bits per heavy atom. The predicted molar refractivity (Wildman–Crippen MR) is 77.7 cm³/mol. The van der Waals surface area contributed by atoms with Crippen molar-refractivity contribution < 1.29 is 14.3 Å². The van der Waals surface area contributed by atoms with Gasteiger partial charge in [-0.2, -0.15) is 5.26 Å². The minimum atomic E-state index is -0.671. The van der Waals surface area contributed by atoms with E-state index in [0.717, 1.165) is 6.42 Å². The van der Waals surface area contributed by atoms with Crippen LogP contribution in [0.15, 0.2) is 22.8 Å². The van der Waals surface area contributed by atoms with Crippen molar-refractivity contribution in [1.82, 2.24) is 4.90 Å². The number of ether oxygens (including phenoxy) is 1. The monoisotopic (exact) mass is 301 g/mol. The van der Waals surface area contributed by atoms with Gasteiger partial charge in [0.05, 0.1) is 0 Å². The van der Waals surface area contributed by atoms with E-state index < -0.39 is 5.41 Å². The lowest BCUT2D eigenvalue weighted by molar-refractivity contribution is -0.130. The molecule has 3 aliphatic rings. The molecule has 0 atom stereocenters. The summed E-state index contributed by atoms with van der Waals surface area (Å²) in [7, 11) is 0. The Balaban J connectivity index is 2.06. The summed E-state index contributed by atoms with van der Waals surface area (Å²) >= 11 is 0. The van der Waals surface area contributed by atoms with Gasteiger partial charge in [0.2, 0.25) is 11.8 Å². The number of Topliss-reactive ketones (excluding diaryl/α,β-unsaturated/α-hetero) is 1. The molecular weight excluding hydrogens is 282 g/mol. The average Bonchev–Trinajstić information content (AvgIpc) is 2.47. The van der Waals surface area contributed by atoms with Crippen LogP contribution in [-0.4, -0.2) is 29.7 Å². The molecule has 0 aromatic rings. The number of amides is 1. The number of rotatable bonds is 0. The Morgan fingerprint density at radius 3 is 2.64 bits per heavy atom. The number of nitriles is 1. The van der Waals surface area contributed by atoms with Crippen molar-refractivity contribution >= 4 is 11.7 Å². The number of hydrogen-bond acceptors (Lipinski definition) is 5. The lowest BCUT2D eigenvalue weighted by Gasteiger charge is -2.45. The summed E-state index contributed by atoms with van der Waals surface area (Å²) in [5.41, 5.74) is 6.26. The van der Waals surface area contributed by atoms with Crippen molar-refractivity contribution in [1.29, 1.82) is 5.26 Å². The van der Waals surface area contributed by atoms with Crippen molar-refractivity contribution in [3.8, 4) is 6.07 Å². The van der Waals surface area contributed by atoms with E-state index in [1.54, 1.807) is 4.90 Å². The van der Waals surface area contributed by atoms with Crippen LogP contribution in [0.3, 0.4) is 0 Å². The minimum Gasteiger partial charge on any atom is -0.444 e. The molecule has 0 radical (unpaired) electrons. The molecule has 116 valence electrons. The molecule has 6 nitrogen and oxygen atoms in total. The maximum absolute atomic E-state index is 12.5. The Hall–Kier alpha value is -2.29. The van der Waals surface area contributed by atoms with Gasteiger partial charge < -0.3 is 15.4 Å². The van der Waals surface area contributed by atoms with Gasteiger partial charge in [-0.1, -0.05) is 0 Å². The van der Waals surface area contributed by atoms with E-state index >= 15 is 0 Å². The zero-order chi connectivity index (χ0) is 15.9. The van der Waals surface area contributed by atoms with Crippen LogP contribution >= 0.6 is 0 Å². The Morgan fingerprint density at radius 2 is 2.05 bits per heavy atom. The van der Waals surface area contributed by atoms with Gasteiger partial charge in [0, 0.05) is 43.8 Å². The number of carbonyl (C=O) groups excluding carboxylic acids is 2. The van der Waals surface area contributed by atoms with Gasteiger partial charge >= 0.3 is 0 Å². The highest BCUT2D eigenvalue weighted by Gasteiger charge is 2.50. The van der Waals surface area contributed by atoms with Crippen LogP contribution in [0.4, 0.5) is 0 Å². The normalized spacial score (nSPS) is 24.0. The first kappa shape index (κ1) is 14.6. The van der Waals surface area contributed by atoms with Crippen molar-refractivity contribution in [3.63, 3.8) is 0 Å². The highest BCUT2D eigenvalue weighted by molar-refractivity contribution is 5.99. The number of piperidine rings is 1. The molecule has 1 aliphatic carbocycles. The first-order chi connectivity index (χ1) is 10.5. The van der Waals surface area contributed by atoms with E-state index in [2.05, 4.69) is 6.07 Å². The zero-order valence-corrected chi connectivity index (χ0v) is 12.6. The predicted octanol–water partition coefficient (Wildman–Crippen LogP) is 1.35. The Labute approximate surface area is 129 Å². The summed E-state index contributed by atoms with van der Waals surface area (Å²) in [6.07, 6.45) is 3.01. The number of ketones is 1. The lowest BCUT2D eigenvalue weighted by Crippen LogP contribution is -2.47. The van der Waals surface area contributed by atoms with E-state index in [1.165, 1.54) is 6.92 Å². The number of hydrogen-bond donors (Lipinski definition) is 1. The number of nitrogens with zero attached hydrogens (tertiary/aromatic N) is 2. The highest BCUT2D eigenvalue weighted by Crippen LogP contribution is 2.52. The molecule has 0 aromatic heterocycles. The van der Waals surface area contributed by atoms with Crippen LogP contribution in [-0.2, 0) is 14.3 Å². The molecule has 2 N–H and O–H groups in total. The van der Waals surface area contributed by atoms with Gasteiger partial charge in [-0.05, 0) is 19.3 Å². The average molecular weight is 301 g/mol. The smallest absolute Gasteiger partial charge is 0.219 e. The molecule has 22 heavy (non-hydrogen) atoms. The van der Waals surface area contributed by atoms with Gasteiger partial charge in [0.25, 0.3) is 0 Å². The topological polar surface area (TPSA) is 96.4 Å². The van der Waals surface area contributed by atoms with E-state index in [4.69, 9.17) is 10.5 Å². The van der Waals surface area contributed by atoms with E-state index in [9.17, 15) is 14.9 Å². The largest absolute Gasteiger partial charge is 0.444 e. The number of allylic oxidation sites excluding steroid dienone is 3. The maximum atomic E-state index is 12.5. The van der Waals surface area contributed by atoms with E-state index in [-0.39, 0.29) is 17.6 Å². The zero-order valence-electron chi connectivity index (χ0n) is 12.6. The number of fused-ring (bicyclic) bond motifs is 1. The SMILES string of the molecule is CC(=O)N1CCC2(CC1)C(C#N)=C(N)OC1=C2C(=O)CCC1. The van der Waals surface area contributed by atoms with Crippen LogP contribution in [0.2, 0.25) is 0 Å². The third-order valence-electron chi connectivity index (χ3n) is 4.98. The summed E-state index contributed by atoms with van der Waals surface area (Å²) in [5.74, 6) is 0.815. The van der Waals surface area contributed by atoms with Crippen LogP contribution in [0.1, 0.15) is 39.0 Å². The standard InChI is InChI=1S/C16H19N3O3/c1-10(20)19-7-5-16(6-8-19)11(9-17)15(18)22-13-4-2-3-12(21)14(13)16/h2-8,18H2,1H3. The molecule has 0 bridgehead atoms. The molecule has 1 spiro atoms. The van der Waals surface area contributed by atoms with E-state index in [1.807, 2.05) is 0 Å². The Bertz CT molecular complexity index is 646. The summed E-state index contributed by atoms with van der Waals surface area (Å²) in [6, 6.07) is 2.15. The van der Waals surface area contributed by atoms with Gasteiger partial charge in [-0.3, -0.25) is 9.59 Å². The lowest BCUT2D eigenvalue weighted by atomic mass is 9.63. The van der Waals surface area contributed by atoms with Crippen LogP contribution in [0.25, 0.3) is 0 Å². The van der Waals surface area contributed by atoms with Crippen LogP contribution < -0.4 is 5.73 Å². The van der Waals surface area contributed by atoms with Crippen LogP contribution in [0, 0.1) is 16.7 Å². The molecule has 0 aromatic carbocycles. The summed E-state index contributed by atoms with van der Waals surface area (Å²) < 4.78 is 5.58. The Kier molecular flexibility index (Phi) is 3.44. The number of carbonyl (C=O) groups is 2. The molecule has 3 rings (SSSR count). The van der Waals surface area contributed by atoms with Crippen molar-refractivity contribution in [2.24, 2.45) is 11.1 Å². The first-order valence-electron chi connectivity index (χ1n) is 7.60. The molecule has 1 fully saturated rings. The highest BCUT2D eigenvalue weighted by atomic mass is 16.5. The second-order valence-corrected chi connectivity index (χ2v) is 6.12. The molecule has 2 aliphatic heterocycles. The molecule has 6 heteroatoms. The third-order valence-corrected chi connectivity index (χ3v) is 4.98. The van der Waals surface area contributed by atoms with Gasteiger partial charge in [0.1, 0.15) is 17.4 Å². The van der Waals surface area contributed by atoms with Gasteiger partial charge in [-0.15, -0.1) is 0 Å². The second-order valence-electron chi connectivity index (χ2n) is 6.12. The van der Waals surface area contributed by atoms with Gasteiger partial charge in [0.15, 0.2) is 5.78 Å². The second kappa shape index (κ2) is 5.16. The van der Waals surface area contributed by atoms with Crippen molar-refractivity contribution in [2.45, 2.75) is 39.0 Å². The summed E-state index contributed by atoms with van der Waals surface area (Å²) in [6.45, 7) is 2.59. The number of nitrogens with two attached hydrogens (primary N) is 1. The molecule has 2 heterocycles. The van der Waals surface area contributed by atoms with E-state index in [0.29, 0.717) is 55.7 Å². The molecule has 1 saturated heterocycles. The summed E-state index contributed by atoms with van der Waals surface area (Å²) in [5, 5.41) is 9.55. The fourth-order valence-corrected chi connectivity index (χ4v) is 3.86. The van der Waals surface area contributed by atoms with Crippen molar-refractivity contribution in [2.75, 3.05) is 13.1 Å². The minimum absolute atomic E-state index is 0.0153. The maximum Gasteiger partial charge on any atom is 0.219 e. The summed E-state index contributed by atoms with van der Waals surface area (Å²) in [4.78, 5) is 25.8. The quantitative estimate of drug-likeness (QED) is 0.728. The fraction of sp³-hybridized carbons (Fsp3) is 0.562. The molecular formula is C16H19N3O3. The third kappa shape index (κ3) is 2.00. The number of likely N-dealkylation sites (tertiary alicyclic amines) is 1. The van der Waals surface area contributed by atoms with Gasteiger partial charge in [-0.25, -0.2) is 0 Å². The fourth-order valence-electron chi connectivity index (χ4n) is 3.86. The molecule has 0 saturated carbocycles. The van der Waals surface area contributed by atoms with Crippen LogP contribution in [0.5, 0.6) is 0 Å². The first-order valence-corrected chi connectivity index (χ1v) is 7.60. The van der Waals surface area contributed by atoms with Crippen molar-refractivity contribution in [3.05, 3.63) is 22.8 Å². The molecule has 1 amide bonds. The molecule has 0 unspecified atom stereocenters.